The first kappa shape index (κ1) is 25.9. The third-order valence-corrected chi connectivity index (χ3v) is 7.07. The number of likely N-dealkylation sites (N-methyl/N-ethyl adjacent to an activating group) is 1. The second-order valence-electron chi connectivity index (χ2n) is 9.74. The van der Waals surface area contributed by atoms with Crippen molar-refractivity contribution < 1.29 is 32.3 Å². The number of imide groups is 1. The molecule has 2 aliphatic heterocycles. The van der Waals surface area contributed by atoms with Crippen LogP contribution in [-0.4, -0.2) is 89.2 Å². The highest BCUT2D eigenvalue weighted by atomic mass is 19.4. The van der Waals surface area contributed by atoms with Gasteiger partial charge in [0, 0.05) is 32.4 Å². The number of carbonyl (C=O) groups excluding carboxylic acids is 3. The number of piperazine rings is 1. The number of alkyl halides is 3. The Bertz CT molecular complexity index is 1230. The van der Waals surface area contributed by atoms with Gasteiger partial charge in [-0.05, 0) is 55.8 Å². The quantitative estimate of drug-likeness (QED) is 0.548. The van der Waals surface area contributed by atoms with E-state index in [1.165, 1.54) is 23.2 Å². The summed E-state index contributed by atoms with van der Waals surface area (Å²) in [7, 11) is 2.04. The Balaban J connectivity index is 1.30. The summed E-state index contributed by atoms with van der Waals surface area (Å²) in [6.07, 6.45) is -0.849. The van der Waals surface area contributed by atoms with Crippen molar-refractivity contribution in [2.45, 2.75) is 31.3 Å². The summed E-state index contributed by atoms with van der Waals surface area (Å²) in [5, 5.41) is 2.89. The number of nitrogens with zero attached hydrogens (tertiary/aromatic N) is 5. The third-order valence-electron chi connectivity index (χ3n) is 7.07. The molecule has 3 heterocycles. The van der Waals surface area contributed by atoms with E-state index in [9.17, 15) is 27.6 Å². The molecule has 202 valence electrons. The van der Waals surface area contributed by atoms with Crippen molar-refractivity contribution in [2.24, 2.45) is 0 Å². The van der Waals surface area contributed by atoms with Gasteiger partial charge in [0.15, 0.2) is 0 Å². The van der Waals surface area contributed by atoms with Crippen molar-refractivity contribution in [3.05, 3.63) is 48.3 Å². The van der Waals surface area contributed by atoms with Gasteiger partial charge >= 0.3 is 12.4 Å². The summed E-state index contributed by atoms with van der Waals surface area (Å²) in [6, 6.07) is 5.71. The van der Waals surface area contributed by atoms with Crippen LogP contribution < -0.4 is 15.0 Å². The molecule has 1 aromatic heterocycles. The van der Waals surface area contributed by atoms with Gasteiger partial charge in [-0.2, -0.15) is 0 Å². The molecule has 1 saturated carbocycles. The molecular weight excluding hydrogens is 505 g/mol. The number of hydrogen-bond donors (Lipinski definition) is 1. The van der Waals surface area contributed by atoms with Crippen LogP contribution in [0.25, 0.3) is 0 Å². The summed E-state index contributed by atoms with van der Waals surface area (Å²) in [4.78, 5) is 50.3. The summed E-state index contributed by atoms with van der Waals surface area (Å²) < 4.78 is 41.4. The molecule has 0 unspecified atom stereocenters. The maximum atomic E-state index is 13.4. The van der Waals surface area contributed by atoms with E-state index in [4.69, 9.17) is 0 Å². The number of anilines is 2. The molecule has 2 saturated heterocycles. The van der Waals surface area contributed by atoms with Gasteiger partial charge in [-0.15, -0.1) is 13.2 Å². The molecule has 13 heteroatoms. The molecule has 38 heavy (non-hydrogen) atoms. The maximum absolute atomic E-state index is 13.4. The number of urea groups is 1. The SMILES string of the molecule is CN1CCN(CC(=O)Nc2cnccc2CN2C(=O)N(c3ccc(OC(F)(F)F)cc3)C(=O)C23CC3)CC1. The number of nitrogens with one attached hydrogen (secondary N) is 1. The van der Waals surface area contributed by atoms with Crippen LogP contribution >= 0.6 is 0 Å². The fourth-order valence-corrected chi connectivity index (χ4v) is 4.80. The van der Waals surface area contributed by atoms with E-state index in [1.54, 1.807) is 12.3 Å². The van der Waals surface area contributed by atoms with Crippen molar-refractivity contribution in [2.75, 3.05) is 50.0 Å². The molecule has 1 spiro atoms. The Morgan fingerprint density at radius 3 is 2.39 bits per heavy atom. The van der Waals surface area contributed by atoms with Crippen LogP contribution in [0.15, 0.2) is 42.7 Å². The van der Waals surface area contributed by atoms with Gasteiger partial charge in [0.05, 0.1) is 30.7 Å². The fraction of sp³-hybridized carbons (Fsp3) is 0.440. The Morgan fingerprint density at radius 2 is 1.76 bits per heavy atom. The molecular formula is C25H27F3N6O4. The zero-order valence-corrected chi connectivity index (χ0v) is 20.7. The molecule has 2 aromatic rings. The van der Waals surface area contributed by atoms with Crippen LogP contribution in [0.3, 0.4) is 0 Å². The molecule has 3 fully saturated rings. The Labute approximate surface area is 216 Å². The standard InChI is InChI=1S/C25H27F3N6O4/c1-31-10-12-32(13-11-31)16-21(35)30-20-14-29-9-6-17(20)15-33-23(37)34(22(36)24(33)7-8-24)18-2-4-19(5-3-18)38-25(26,27)28/h2-6,9,14H,7-8,10-13,15-16H2,1H3,(H,30,35). The lowest BCUT2D eigenvalue weighted by molar-refractivity contribution is -0.274. The average Bonchev–Trinajstić information content (AvgIpc) is 3.63. The lowest BCUT2D eigenvalue weighted by atomic mass is 10.1. The summed E-state index contributed by atoms with van der Waals surface area (Å²) in [5.41, 5.74) is 0.214. The second kappa shape index (κ2) is 9.87. The van der Waals surface area contributed by atoms with Crippen LogP contribution in [0.2, 0.25) is 0 Å². The lowest BCUT2D eigenvalue weighted by Gasteiger charge is -2.31. The number of pyridine rings is 1. The molecule has 5 rings (SSSR count). The van der Waals surface area contributed by atoms with Crippen molar-refractivity contribution in [1.29, 1.82) is 0 Å². The number of rotatable bonds is 7. The fourth-order valence-electron chi connectivity index (χ4n) is 4.80. The molecule has 10 nitrogen and oxygen atoms in total. The number of hydrogen-bond acceptors (Lipinski definition) is 7. The highest BCUT2D eigenvalue weighted by Gasteiger charge is 2.65. The predicted molar refractivity (Wildman–Crippen MR) is 130 cm³/mol. The minimum atomic E-state index is -4.85. The molecule has 3 aliphatic rings. The van der Waals surface area contributed by atoms with Crippen LogP contribution in [0.1, 0.15) is 18.4 Å². The van der Waals surface area contributed by atoms with E-state index < -0.39 is 29.6 Å². The molecule has 0 bridgehead atoms. The number of benzene rings is 1. The first-order chi connectivity index (χ1) is 18.1. The topological polar surface area (TPSA) is 98.3 Å². The van der Waals surface area contributed by atoms with Crippen LogP contribution in [0.5, 0.6) is 5.75 Å². The Kier molecular flexibility index (Phi) is 6.73. The minimum Gasteiger partial charge on any atom is -0.406 e. The molecule has 4 amide bonds. The first-order valence-electron chi connectivity index (χ1n) is 12.2. The second-order valence-corrected chi connectivity index (χ2v) is 9.74. The molecule has 0 atom stereocenters. The largest absolute Gasteiger partial charge is 0.573 e. The number of ether oxygens (including phenoxy) is 1. The highest BCUT2D eigenvalue weighted by Crippen LogP contribution is 2.50. The van der Waals surface area contributed by atoms with E-state index >= 15 is 0 Å². The Morgan fingerprint density at radius 1 is 1.08 bits per heavy atom. The molecule has 1 aromatic carbocycles. The first-order valence-corrected chi connectivity index (χ1v) is 12.2. The van der Waals surface area contributed by atoms with E-state index in [-0.39, 0.29) is 24.7 Å². The van der Waals surface area contributed by atoms with Crippen LogP contribution in [0, 0.1) is 0 Å². The van der Waals surface area contributed by atoms with Crippen LogP contribution in [0.4, 0.5) is 29.3 Å². The number of aromatic nitrogens is 1. The summed E-state index contributed by atoms with van der Waals surface area (Å²) >= 11 is 0. The Hall–Kier alpha value is -3.71. The van der Waals surface area contributed by atoms with E-state index in [1.807, 2.05) is 7.05 Å². The van der Waals surface area contributed by atoms with E-state index in [0.717, 1.165) is 43.2 Å². The van der Waals surface area contributed by atoms with Gasteiger partial charge in [-0.1, -0.05) is 0 Å². The highest BCUT2D eigenvalue weighted by molar-refractivity contribution is 6.24. The molecule has 1 aliphatic carbocycles. The number of halogens is 3. The average molecular weight is 533 g/mol. The number of amides is 4. The summed E-state index contributed by atoms with van der Waals surface area (Å²) in [5.74, 6) is -1.08. The maximum Gasteiger partial charge on any atom is 0.573 e. The van der Waals surface area contributed by atoms with Crippen LogP contribution in [-0.2, 0) is 16.1 Å². The number of carbonyl (C=O) groups is 3. The third kappa shape index (κ3) is 5.29. The smallest absolute Gasteiger partial charge is 0.406 e. The molecule has 1 N–H and O–H groups in total. The van der Waals surface area contributed by atoms with Crippen molar-refractivity contribution >= 4 is 29.2 Å². The van der Waals surface area contributed by atoms with E-state index in [2.05, 4.69) is 24.8 Å². The minimum absolute atomic E-state index is 0.0585. The summed E-state index contributed by atoms with van der Waals surface area (Å²) in [6.45, 7) is 3.63. The zero-order chi connectivity index (χ0) is 27.1. The lowest BCUT2D eigenvalue weighted by Crippen LogP contribution is -2.47. The van der Waals surface area contributed by atoms with Crippen molar-refractivity contribution in [3.63, 3.8) is 0 Å². The monoisotopic (exact) mass is 532 g/mol. The van der Waals surface area contributed by atoms with Gasteiger partial charge in [-0.25, -0.2) is 9.69 Å². The predicted octanol–water partition coefficient (Wildman–Crippen LogP) is 2.67. The van der Waals surface area contributed by atoms with Gasteiger partial charge in [-0.3, -0.25) is 19.5 Å². The molecule has 0 radical (unpaired) electrons. The van der Waals surface area contributed by atoms with Gasteiger partial charge in [0.2, 0.25) is 5.91 Å². The normalized spacial score (nSPS) is 19.8. The van der Waals surface area contributed by atoms with Gasteiger partial charge < -0.3 is 19.9 Å². The van der Waals surface area contributed by atoms with E-state index in [0.29, 0.717) is 24.1 Å². The zero-order valence-electron chi connectivity index (χ0n) is 20.7. The van der Waals surface area contributed by atoms with Gasteiger partial charge in [0.1, 0.15) is 11.3 Å². The van der Waals surface area contributed by atoms with Crippen molar-refractivity contribution in [3.8, 4) is 5.75 Å². The van der Waals surface area contributed by atoms with Gasteiger partial charge in [0.25, 0.3) is 5.91 Å². The van der Waals surface area contributed by atoms with Crippen molar-refractivity contribution in [1.82, 2.24) is 19.7 Å².